The Labute approximate surface area is 465 Å². The summed E-state index contributed by atoms with van der Waals surface area (Å²) in [5.74, 6) is -0.903. The first-order chi connectivity index (χ1) is 37.0. The van der Waals surface area contributed by atoms with Crippen LogP contribution in [0.1, 0.15) is 329 Å². The summed E-state index contributed by atoms with van der Waals surface area (Å²) in [4.78, 5) is 38.4. The summed E-state index contributed by atoms with van der Waals surface area (Å²) < 4.78 is 16.9. The summed E-state index contributed by atoms with van der Waals surface area (Å²) in [5.41, 5.74) is 0. The molecule has 0 aromatic heterocycles. The van der Waals surface area contributed by atoms with Crippen LogP contribution in [0.25, 0.3) is 0 Å². The maximum Gasteiger partial charge on any atom is 0.306 e. The van der Waals surface area contributed by atoms with Crippen molar-refractivity contribution in [2.24, 2.45) is 0 Å². The molecule has 75 heavy (non-hydrogen) atoms. The minimum atomic E-state index is -0.794. The van der Waals surface area contributed by atoms with Crippen molar-refractivity contribution >= 4 is 17.9 Å². The number of esters is 3. The molecule has 6 nitrogen and oxygen atoms in total. The summed E-state index contributed by atoms with van der Waals surface area (Å²) in [6.07, 6.45) is 81.9. The number of hydrogen-bond donors (Lipinski definition) is 0. The van der Waals surface area contributed by atoms with Gasteiger partial charge in [-0.2, -0.15) is 0 Å². The van der Waals surface area contributed by atoms with Gasteiger partial charge in [0.15, 0.2) is 6.10 Å². The third kappa shape index (κ3) is 61.6. The minimum absolute atomic E-state index is 0.0863. The number of unbranched alkanes of at least 4 members (excludes halogenated alkanes) is 36. The third-order valence-electron chi connectivity index (χ3n) is 14.2. The van der Waals surface area contributed by atoms with E-state index < -0.39 is 6.10 Å². The van der Waals surface area contributed by atoms with E-state index in [0.29, 0.717) is 19.3 Å². The molecule has 0 spiro atoms. The zero-order chi connectivity index (χ0) is 54.3. The second-order valence-corrected chi connectivity index (χ2v) is 21.6. The highest BCUT2D eigenvalue weighted by Crippen LogP contribution is 2.17. The molecule has 0 aliphatic carbocycles. The maximum atomic E-state index is 12.9. The predicted molar refractivity (Wildman–Crippen MR) is 325 cm³/mol. The Morgan fingerprint density at radius 3 is 0.840 bits per heavy atom. The lowest BCUT2D eigenvalue weighted by molar-refractivity contribution is -0.167. The molecule has 0 N–H and O–H groups in total. The van der Waals surface area contributed by atoms with E-state index >= 15 is 0 Å². The average Bonchev–Trinajstić information content (AvgIpc) is 3.41. The molecule has 0 fully saturated rings. The van der Waals surface area contributed by atoms with E-state index in [9.17, 15) is 14.4 Å². The zero-order valence-electron chi connectivity index (χ0n) is 49.8. The van der Waals surface area contributed by atoms with Crippen molar-refractivity contribution in [1.29, 1.82) is 0 Å². The topological polar surface area (TPSA) is 78.9 Å². The van der Waals surface area contributed by atoms with E-state index in [1.165, 1.54) is 193 Å². The maximum absolute atomic E-state index is 12.9. The van der Waals surface area contributed by atoms with Crippen molar-refractivity contribution in [1.82, 2.24) is 0 Å². The molecular formula is C69H122O6. The van der Waals surface area contributed by atoms with Crippen molar-refractivity contribution in [2.75, 3.05) is 13.2 Å². The van der Waals surface area contributed by atoms with Crippen LogP contribution < -0.4 is 0 Å². The first kappa shape index (κ1) is 71.8. The van der Waals surface area contributed by atoms with Crippen molar-refractivity contribution in [3.8, 4) is 0 Å². The first-order valence-electron chi connectivity index (χ1n) is 32.4. The number of hydrogen-bond acceptors (Lipinski definition) is 6. The Morgan fingerprint density at radius 2 is 0.520 bits per heavy atom. The number of allylic oxidation sites excluding steroid dienone is 12. The molecule has 0 aromatic carbocycles. The molecule has 434 valence electrons. The lowest BCUT2D eigenvalue weighted by Gasteiger charge is -2.18. The van der Waals surface area contributed by atoms with Gasteiger partial charge < -0.3 is 14.2 Å². The summed E-state index contributed by atoms with van der Waals surface area (Å²) in [6, 6.07) is 0. The van der Waals surface area contributed by atoms with Crippen molar-refractivity contribution in [3.63, 3.8) is 0 Å². The van der Waals surface area contributed by atoms with Gasteiger partial charge in [0, 0.05) is 19.3 Å². The summed E-state index contributed by atoms with van der Waals surface area (Å²) >= 11 is 0. The van der Waals surface area contributed by atoms with Gasteiger partial charge in [-0.25, -0.2) is 0 Å². The zero-order valence-corrected chi connectivity index (χ0v) is 49.8. The van der Waals surface area contributed by atoms with E-state index in [0.717, 1.165) is 96.3 Å². The molecular weight excluding hydrogens is 925 g/mol. The number of carbonyl (C=O) groups is 3. The molecule has 0 amide bonds. The van der Waals surface area contributed by atoms with E-state index in [-0.39, 0.29) is 31.1 Å². The number of rotatable bonds is 59. The first-order valence-corrected chi connectivity index (χ1v) is 32.4. The van der Waals surface area contributed by atoms with Crippen LogP contribution in [-0.4, -0.2) is 37.2 Å². The van der Waals surface area contributed by atoms with Crippen molar-refractivity contribution < 1.29 is 28.6 Å². The largest absolute Gasteiger partial charge is 0.462 e. The highest BCUT2D eigenvalue weighted by atomic mass is 16.6. The average molecular weight is 1050 g/mol. The molecule has 0 aromatic rings. The summed E-state index contributed by atoms with van der Waals surface area (Å²) in [6.45, 7) is 6.54. The second-order valence-electron chi connectivity index (χ2n) is 21.6. The van der Waals surface area contributed by atoms with Crippen LogP contribution in [0.4, 0.5) is 0 Å². The molecule has 0 saturated carbocycles. The van der Waals surface area contributed by atoms with E-state index in [2.05, 4.69) is 93.7 Å². The van der Waals surface area contributed by atoms with Crippen LogP contribution in [0, 0.1) is 0 Å². The molecule has 0 aliphatic heterocycles. The van der Waals surface area contributed by atoms with Crippen LogP contribution in [-0.2, 0) is 28.6 Å². The normalized spacial score (nSPS) is 12.5. The monoisotopic (exact) mass is 1050 g/mol. The third-order valence-corrected chi connectivity index (χ3v) is 14.2. The Bertz CT molecular complexity index is 1390. The molecule has 0 aliphatic rings. The fraction of sp³-hybridized carbons (Fsp3) is 0.783. The Morgan fingerprint density at radius 1 is 0.280 bits per heavy atom. The smallest absolute Gasteiger partial charge is 0.306 e. The Kier molecular flexibility index (Phi) is 60.7. The standard InChI is InChI=1S/C69H122O6/c1-4-7-10-13-16-19-22-25-28-31-34-37-40-43-46-49-52-55-58-61-67(70)73-64-66(75-69(72)63-60-57-54-51-48-45-42-39-36-33-30-27-24-21-18-15-12-9-6-3)65-74-68(71)62-59-56-53-50-47-44-41-38-35-32-29-26-23-20-17-14-11-8-5-2/h9,12,18,21,25,27-28,30,36,39,45,48,66H,4-8,10-11,13-17,19-20,22-24,26,29,31-35,37-38,40-44,46-47,49-65H2,1-3H3/b12-9-,21-18-,28-25-,30-27-,39-36-,48-45-/t66-/m1/s1. The van der Waals surface area contributed by atoms with Crippen LogP contribution >= 0.6 is 0 Å². The number of ether oxygens (including phenoxy) is 3. The van der Waals surface area contributed by atoms with Crippen molar-refractivity contribution in [2.45, 2.75) is 335 Å². The molecule has 1 atom stereocenters. The quantitative estimate of drug-likeness (QED) is 0.0261. The summed E-state index contributed by atoms with van der Waals surface area (Å²) in [5, 5.41) is 0. The van der Waals surface area contributed by atoms with Crippen LogP contribution in [0.2, 0.25) is 0 Å². The van der Waals surface area contributed by atoms with Gasteiger partial charge >= 0.3 is 17.9 Å². The number of carbonyl (C=O) groups excluding carboxylic acids is 3. The van der Waals surface area contributed by atoms with Gasteiger partial charge in [-0.05, 0) is 89.9 Å². The second kappa shape index (κ2) is 63.4. The fourth-order valence-electron chi connectivity index (χ4n) is 9.35. The lowest BCUT2D eigenvalue weighted by Crippen LogP contribution is -2.30. The van der Waals surface area contributed by atoms with Crippen LogP contribution in [0.3, 0.4) is 0 Å². The molecule has 0 bridgehead atoms. The SMILES string of the molecule is CC/C=C\C/C=C\C/C=C\C/C=C\C/C=C\CCCCCC(=O)O[C@H](COC(=O)CCCCCCCCCCC/C=C\CCCCCCCC)COC(=O)CCCCCCCCCCCCCCCCCCCCC. The van der Waals surface area contributed by atoms with Gasteiger partial charge in [0.1, 0.15) is 13.2 Å². The van der Waals surface area contributed by atoms with E-state index in [4.69, 9.17) is 14.2 Å². The predicted octanol–water partition coefficient (Wildman–Crippen LogP) is 22.1. The molecule has 0 radical (unpaired) electrons. The molecule has 0 heterocycles. The van der Waals surface area contributed by atoms with Gasteiger partial charge in [0.05, 0.1) is 0 Å². The van der Waals surface area contributed by atoms with Gasteiger partial charge in [-0.1, -0.05) is 293 Å². The Hall–Kier alpha value is -3.15. The highest BCUT2D eigenvalue weighted by molar-refractivity contribution is 5.71. The molecule has 6 heteroatoms. The van der Waals surface area contributed by atoms with E-state index in [1.54, 1.807) is 0 Å². The van der Waals surface area contributed by atoms with E-state index in [1.807, 2.05) is 0 Å². The fourth-order valence-corrected chi connectivity index (χ4v) is 9.35. The summed E-state index contributed by atoms with van der Waals surface area (Å²) in [7, 11) is 0. The van der Waals surface area contributed by atoms with Gasteiger partial charge in [0.2, 0.25) is 0 Å². The van der Waals surface area contributed by atoms with Crippen LogP contribution in [0.5, 0.6) is 0 Å². The molecule has 0 unspecified atom stereocenters. The molecule has 0 saturated heterocycles. The Balaban J connectivity index is 4.41. The van der Waals surface area contributed by atoms with Gasteiger partial charge in [-0.15, -0.1) is 0 Å². The van der Waals surface area contributed by atoms with Gasteiger partial charge in [-0.3, -0.25) is 14.4 Å². The van der Waals surface area contributed by atoms with Crippen LogP contribution in [0.15, 0.2) is 72.9 Å². The van der Waals surface area contributed by atoms with Gasteiger partial charge in [0.25, 0.3) is 0 Å². The highest BCUT2D eigenvalue weighted by Gasteiger charge is 2.19. The lowest BCUT2D eigenvalue weighted by atomic mass is 10.0. The minimum Gasteiger partial charge on any atom is -0.462 e. The van der Waals surface area contributed by atoms with Crippen molar-refractivity contribution in [3.05, 3.63) is 72.9 Å². The molecule has 0 rings (SSSR count).